The molecule has 0 heterocycles. The summed E-state index contributed by atoms with van der Waals surface area (Å²) in [5.41, 5.74) is 6.89. The summed E-state index contributed by atoms with van der Waals surface area (Å²) >= 11 is 1.78. The number of hydrogen-bond acceptors (Lipinski definition) is 5. The normalized spacial score (nSPS) is 12.7. The number of nitrogens with two attached hydrogens (primary N) is 1. The first-order valence-electron chi connectivity index (χ1n) is 5.68. The Kier molecular flexibility index (Phi) is 5.43. The van der Waals surface area contributed by atoms with Crippen LogP contribution in [0.1, 0.15) is 12.5 Å². The molecule has 18 heavy (non-hydrogen) atoms. The molecule has 100 valence electrons. The summed E-state index contributed by atoms with van der Waals surface area (Å²) in [6.07, 6.45) is 2.06. The highest BCUT2D eigenvalue weighted by molar-refractivity contribution is 7.98. The Balaban J connectivity index is 2.85. The lowest BCUT2D eigenvalue weighted by molar-refractivity contribution is -0.384. The van der Waals surface area contributed by atoms with Gasteiger partial charge in [0.2, 0.25) is 0 Å². The molecule has 0 aliphatic rings. The third-order valence-corrected chi connectivity index (χ3v) is 3.77. The van der Waals surface area contributed by atoms with E-state index in [1.54, 1.807) is 17.8 Å². The van der Waals surface area contributed by atoms with Crippen molar-refractivity contribution in [2.75, 3.05) is 24.8 Å². The molecular formula is C12H19N3O2S. The molecule has 1 rings (SSSR count). The Hall–Kier alpha value is -1.27. The van der Waals surface area contributed by atoms with Crippen molar-refractivity contribution < 1.29 is 4.92 Å². The molecule has 0 bridgehead atoms. The molecule has 1 atom stereocenters. The average Bonchev–Trinajstić information content (AvgIpc) is 2.31. The molecule has 1 aromatic rings. The summed E-state index contributed by atoms with van der Waals surface area (Å²) in [5.74, 6) is 1.02. The van der Waals surface area contributed by atoms with E-state index in [0.29, 0.717) is 12.6 Å². The van der Waals surface area contributed by atoms with E-state index in [4.69, 9.17) is 5.73 Å². The van der Waals surface area contributed by atoms with Crippen LogP contribution in [0.15, 0.2) is 18.2 Å². The van der Waals surface area contributed by atoms with Gasteiger partial charge in [0.25, 0.3) is 5.69 Å². The number of benzene rings is 1. The van der Waals surface area contributed by atoms with E-state index in [1.165, 1.54) is 6.07 Å². The molecule has 5 nitrogen and oxygen atoms in total. The van der Waals surface area contributed by atoms with Gasteiger partial charge in [0.1, 0.15) is 5.69 Å². The topological polar surface area (TPSA) is 72.4 Å². The molecule has 0 aromatic heterocycles. The second-order valence-electron chi connectivity index (χ2n) is 4.33. The molecule has 0 saturated heterocycles. The SMILES string of the molecule is CSCC(C)N(C)Cc1cccc([N+](=O)[O-])c1N. The lowest BCUT2D eigenvalue weighted by Crippen LogP contribution is -2.30. The number of anilines is 1. The van der Waals surface area contributed by atoms with Gasteiger partial charge in [0.15, 0.2) is 0 Å². The third kappa shape index (κ3) is 3.61. The second kappa shape index (κ2) is 6.61. The molecular weight excluding hydrogens is 250 g/mol. The number of thioether (sulfide) groups is 1. The Bertz CT molecular complexity index is 426. The van der Waals surface area contributed by atoms with Crippen molar-refractivity contribution in [2.45, 2.75) is 19.5 Å². The van der Waals surface area contributed by atoms with Gasteiger partial charge in [0, 0.05) is 24.4 Å². The molecule has 0 radical (unpaired) electrons. The lowest BCUT2D eigenvalue weighted by atomic mass is 10.1. The summed E-state index contributed by atoms with van der Waals surface area (Å²) in [6, 6.07) is 5.35. The highest BCUT2D eigenvalue weighted by atomic mass is 32.2. The summed E-state index contributed by atoms with van der Waals surface area (Å²) in [4.78, 5) is 12.5. The maximum absolute atomic E-state index is 10.8. The molecule has 0 aliphatic carbocycles. The van der Waals surface area contributed by atoms with Crippen LogP contribution in [0.3, 0.4) is 0 Å². The second-order valence-corrected chi connectivity index (χ2v) is 5.24. The molecule has 2 N–H and O–H groups in total. The number of nitrogens with zero attached hydrogens (tertiary/aromatic N) is 2. The predicted molar refractivity (Wildman–Crippen MR) is 76.8 cm³/mol. The lowest BCUT2D eigenvalue weighted by Gasteiger charge is -2.24. The first kappa shape index (κ1) is 14.8. The van der Waals surface area contributed by atoms with Crippen molar-refractivity contribution >= 4 is 23.1 Å². The van der Waals surface area contributed by atoms with Crippen LogP contribution in [0.25, 0.3) is 0 Å². The van der Waals surface area contributed by atoms with Crippen molar-refractivity contribution in [3.05, 3.63) is 33.9 Å². The van der Waals surface area contributed by atoms with Crippen molar-refractivity contribution in [3.8, 4) is 0 Å². The summed E-state index contributed by atoms with van der Waals surface area (Å²) in [6.45, 7) is 2.75. The Morgan fingerprint density at radius 1 is 1.56 bits per heavy atom. The number of nitrogen functional groups attached to an aromatic ring is 1. The van der Waals surface area contributed by atoms with Crippen LogP contribution in [0.2, 0.25) is 0 Å². The molecule has 0 aliphatic heterocycles. The molecule has 0 fully saturated rings. The zero-order valence-corrected chi connectivity index (χ0v) is 11.7. The predicted octanol–water partition coefficient (Wildman–Crippen LogP) is 2.36. The van der Waals surface area contributed by atoms with Crippen LogP contribution in [0.5, 0.6) is 0 Å². The van der Waals surface area contributed by atoms with Gasteiger partial charge in [-0.25, -0.2) is 0 Å². The zero-order valence-electron chi connectivity index (χ0n) is 10.9. The molecule has 0 amide bonds. The molecule has 0 spiro atoms. The van der Waals surface area contributed by atoms with Gasteiger partial charge in [0.05, 0.1) is 4.92 Å². The van der Waals surface area contributed by atoms with Crippen LogP contribution >= 0.6 is 11.8 Å². The van der Waals surface area contributed by atoms with Crippen LogP contribution < -0.4 is 5.73 Å². The largest absolute Gasteiger partial charge is 0.393 e. The molecule has 1 aromatic carbocycles. The molecule has 0 saturated carbocycles. The highest BCUT2D eigenvalue weighted by Crippen LogP contribution is 2.26. The van der Waals surface area contributed by atoms with Crippen LogP contribution in [-0.2, 0) is 6.54 Å². The van der Waals surface area contributed by atoms with Crippen molar-refractivity contribution in [2.24, 2.45) is 0 Å². The van der Waals surface area contributed by atoms with Crippen LogP contribution in [0.4, 0.5) is 11.4 Å². The van der Waals surface area contributed by atoms with Gasteiger partial charge < -0.3 is 5.73 Å². The van der Waals surface area contributed by atoms with E-state index >= 15 is 0 Å². The van der Waals surface area contributed by atoms with E-state index in [0.717, 1.165) is 11.3 Å². The highest BCUT2D eigenvalue weighted by Gasteiger charge is 2.16. The van der Waals surface area contributed by atoms with E-state index in [1.807, 2.05) is 13.1 Å². The fourth-order valence-corrected chi connectivity index (χ4v) is 2.43. The van der Waals surface area contributed by atoms with Gasteiger partial charge in [-0.2, -0.15) is 11.8 Å². The van der Waals surface area contributed by atoms with E-state index in [9.17, 15) is 10.1 Å². The molecule has 6 heteroatoms. The van der Waals surface area contributed by atoms with Crippen molar-refractivity contribution in [1.29, 1.82) is 0 Å². The monoisotopic (exact) mass is 269 g/mol. The minimum absolute atomic E-state index is 0.0154. The fraction of sp³-hybridized carbons (Fsp3) is 0.500. The Labute approximate surface area is 111 Å². The van der Waals surface area contributed by atoms with Crippen LogP contribution in [-0.4, -0.2) is 34.9 Å². The number of hydrogen-bond donors (Lipinski definition) is 1. The van der Waals surface area contributed by atoms with Crippen LogP contribution in [0, 0.1) is 10.1 Å². The first-order valence-corrected chi connectivity index (χ1v) is 7.07. The first-order chi connectivity index (χ1) is 8.47. The minimum atomic E-state index is -0.440. The maximum Gasteiger partial charge on any atom is 0.292 e. The van der Waals surface area contributed by atoms with Gasteiger partial charge in [-0.05, 0) is 25.8 Å². The summed E-state index contributed by atoms with van der Waals surface area (Å²) in [7, 11) is 2.00. The number of nitro benzene ring substituents is 1. The standard InChI is InChI=1S/C12H19N3O2S/c1-9(8-18-3)14(2)7-10-5-4-6-11(12(10)13)15(16)17/h4-6,9H,7-8,13H2,1-3H3. The smallest absolute Gasteiger partial charge is 0.292 e. The van der Waals surface area contributed by atoms with Crippen molar-refractivity contribution in [1.82, 2.24) is 4.90 Å². The summed E-state index contributed by atoms with van der Waals surface area (Å²) < 4.78 is 0. The van der Waals surface area contributed by atoms with Gasteiger partial charge in [-0.15, -0.1) is 0 Å². The average molecular weight is 269 g/mol. The quantitative estimate of drug-likeness (QED) is 0.487. The maximum atomic E-state index is 10.8. The number of nitro groups is 1. The Morgan fingerprint density at radius 2 is 2.22 bits per heavy atom. The van der Waals surface area contributed by atoms with Gasteiger partial charge >= 0.3 is 0 Å². The van der Waals surface area contributed by atoms with E-state index in [2.05, 4.69) is 18.1 Å². The van der Waals surface area contributed by atoms with Gasteiger partial charge in [-0.1, -0.05) is 12.1 Å². The van der Waals surface area contributed by atoms with E-state index < -0.39 is 4.92 Å². The number of para-hydroxylation sites is 1. The fourth-order valence-electron chi connectivity index (χ4n) is 1.69. The zero-order chi connectivity index (χ0) is 13.7. The molecule has 1 unspecified atom stereocenters. The number of rotatable bonds is 6. The van der Waals surface area contributed by atoms with Crippen molar-refractivity contribution in [3.63, 3.8) is 0 Å². The Morgan fingerprint density at radius 3 is 2.78 bits per heavy atom. The van der Waals surface area contributed by atoms with Gasteiger partial charge in [-0.3, -0.25) is 15.0 Å². The van der Waals surface area contributed by atoms with E-state index in [-0.39, 0.29) is 11.4 Å². The summed E-state index contributed by atoms with van der Waals surface area (Å²) in [5, 5.41) is 10.8. The third-order valence-electron chi connectivity index (χ3n) is 2.95. The minimum Gasteiger partial charge on any atom is -0.393 e.